The summed E-state index contributed by atoms with van der Waals surface area (Å²) in [7, 11) is 0. The Bertz CT molecular complexity index is 557. The topological polar surface area (TPSA) is 68.0 Å². The van der Waals surface area contributed by atoms with Crippen molar-refractivity contribution >= 4 is 11.6 Å². The second-order valence-corrected chi connectivity index (χ2v) is 2.97. The first kappa shape index (κ1) is 11.1. The average molecular weight is 243 g/mol. The van der Waals surface area contributed by atoms with E-state index in [2.05, 4.69) is 14.9 Å². The van der Waals surface area contributed by atoms with E-state index in [1.54, 1.807) is 0 Å². The van der Waals surface area contributed by atoms with Crippen molar-refractivity contribution in [3.8, 4) is 0 Å². The van der Waals surface area contributed by atoms with Crippen molar-refractivity contribution in [1.82, 2.24) is 10.3 Å². The van der Waals surface area contributed by atoms with Crippen LogP contribution in [0.25, 0.3) is 0 Å². The molecule has 0 aliphatic carbocycles. The van der Waals surface area contributed by atoms with Gasteiger partial charge in [-0.25, -0.2) is 17.8 Å². The first-order valence-electron chi connectivity index (χ1n) is 4.32. The predicted octanol–water partition coefficient (Wildman–Crippen LogP) is 1.74. The van der Waals surface area contributed by atoms with Crippen LogP contribution in [0, 0.1) is 17.5 Å². The summed E-state index contributed by atoms with van der Waals surface area (Å²) < 4.78 is 42.8. The lowest BCUT2D eigenvalue weighted by Gasteiger charge is -2.04. The van der Waals surface area contributed by atoms with Crippen LogP contribution in [-0.2, 0) is 0 Å². The van der Waals surface area contributed by atoms with E-state index >= 15 is 0 Å². The number of carbonyl (C=O) groups is 1. The standard InChI is InChI=1S/C9H4F3N3O2/c10-4-1-2-5(8(12)7(4)11)14-9(16)6-3-13-17-15-6/h1-3H,(H,14,16). The molecule has 17 heavy (non-hydrogen) atoms. The van der Waals surface area contributed by atoms with Gasteiger partial charge in [0.1, 0.15) is 6.20 Å². The van der Waals surface area contributed by atoms with E-state index in [1.165, 1.54) is 0 Å². The zero-order valence-electron chi connectivity index (χ0n) is 8.08. The monoisotopic (exact) mass is 243 g/mol. The molecule has 2 rings (SSSR count). The minimum atomic E-state index is -1.67. The highest BCUT2D eigenvalue weighted by Gasteiger charge is 2.17. The molecule has 0 fully saturated rings. The Labute approximate surface area is 92.2 Å². The van der Waals surface area contributed by atoms with Gasteiger partial charge in [-0.1, -0.05) is 5.16 Å². The van der Waals surface area contributed by atoms with E-state index in [-0.39, 0.29) is 5.69 Å². The first-order chi connectivity index (χ1) is 8.09. The summed E-state index contributed by atoms with van der Waals surface area (Å²) in [6.45, 7) is 0. The minimum Gasteiger partial charge on any atom is -0.318 e. The Morgan fingerprint density at radius 2 is 2.00 bits per heavy atom. The quantitative estimate of drug-likeness (QED) is 0.815. The smallest absolute Gasteiger partial charge is 0.279 e. The molecule has 1 heterocycles. The fourth-order valence-corrected chi connectivity index (χ4v) is 1.07. The summed E-state index contributed by atoms with van der Waals surface area (Å²) in [6.07, 6.45) is 0.993. The van der Waals surface area contributed by atoms with Gasteiger partial charge in [0.25, 0.3) is 5.91 Å². The van der Waals surface area contributed by atoms with Crippen LogP contribution in [-0.4, -0.2) is 16.2 Å². The van der Waals surface area contributed by atoms with E-state index in [0.29, 0.717) is 6.07 Å². The molecule has 0 atom stereocenters. The van der Waals surface area contributed by atoms with Crippen molar-refractivity contribution in [2.75, 3.05) is 5.32 Å². The van der Waals surface area contributed by atoms with E-state index < -0.39 is 29.0 Å². The third kappa shape index (κ3) is 2.10. The van der Waals surface area contributed by atoms with Gasteiger partial charge in [0.2, 0.25) is 0 Å². The van der Waals surface area contributed by atoms with Gasteiger partial charge in [0.05, 0.1) is 5.69 Å². The van der Waals surface area contributed by atoms with Crippen molar-refractivity contribution in [2.45, 2.75) is 0 Å². The summed E-state index contributed by atoms with van der Waals surface area (Å²) >= 11 is 0. The van der Waals surface area contributed by atoms with E-state index in [0.717, 1.165) is 12.3 Å². The molecule has 1 aromatic carbocycles. The van der Waals surface area contributed by atoms with Crippen LogP contribution in [0.4, 0.5) is 18.9 Å². The molecule has 0 bridgehead atoms. The highest BCUT2D eigenvalue weighted by atomic mass is 19.2. The number of carbonyl (C=O) groups excluding carboxylic acids is 1. The average Bonchev–Trinajstić information content (AvgIpc) is 2.83. The maximum absolute atomic E-state index is 13.2. The molecule has 2 aromatic rings. The minimum absolute atomic E-state index is 0.214. The number of nitrogens with zero attached hydrogens (tertiary/aromatic N) is 2. The highest BCUT2D eigenvalue weighted by Crippen LogP contribution is 2.19. The fourth-order valence-electron chi connectivity index (χ4n) is 1.07. The number of hydrogen-bond acceptors (Lipinski definition) is 4. The molecule has 5 nitrogen and oxygen atoms in total. The number of hydrogen-bond donors (Lipinski definition) is 1. The number of rotatable bonds is 2. The molecular weight excluding hydrogens is 239 g/mol. The number of halogens is 3. The van der Waals surface area contributed by atoms with Gasteiger partial charge >= 0.3 is 0 Å². The molecular formula is C9H4F3N3O2. The van der Waals surface area contributed by atoms with Gasteiger partial charge in [-0.05, 0) is 17.3 Å². The van der Waals surface area contributed by atoms with Crippen LogP contribution in [0.1, 0.15) is 10.5 Å². The molecule has 0 radical (unpaired) electrons. The zero-order valence-corrected chi connectivity index (χ0v) is 8.08. The van der Waals surface area contributed by atoms with Gasteiger partial charge in [0.15, 0.2) is 23.1 Å². The van der Waals surface area contributed by atoms with Crippen molar-refractivity contribution in [2.24, 2.45) is 0 Å². The number of aromatic nitrogens is 2. The molecule has 0 unspecified atom stereocenters. The van der Waals surface area contributed by atoms with E-state index in [1.807, 2.05) is 5.32 Å². The second kappa shape index (κ2) is 4.24. The van der Waals surface area contributed by atoms with Crippen molar-refractivity contribution in [3.63, 3.8) is 0 Å². The Morgan fingerprint density at radius 1 is 1.24 bits per heavy atom. The molecule has 0 saturated carbocycles. The molecule has 1 aromatic heterocycles. The Kier molecular flexibility index (Phi) is 2.77. The Hall–Kier alpha value is -2.38. The van der Waals surface area contributed by atoms with E-state index in [9.17, 15) is 18.0 Å². The molecule has 8 heteroatoms. The summed E-state index contributed by atoms with van der Waals surface area (Å²) in [5, 5.41) is 8.36. The van der Waals surface area contributed by atoms with Gasteiger partial charge < -0.3 is 5.32 Å². The number of amides is 1. The van der Waals surface area contributed by atoms with Crippen LogP contribution in [0.15, 0.2) is 23.0 Å². The predicted molar refractivity (Wildman–Crippen MR) is 48.6 cm³/mol. The van der Waals surface area contributed by atoms with Crippen LogP contribution in [0.5, 0.6) is 0 Å². The van der Waals surface area contributed by atoms with Gasteiger partial charge in [-0.3, -0.25) is 4.79 Å². The largest absolute Gasteiger partial charge is 0.318 e. The van der Waals surface area contributed by atoms with Crippen LogP contribution >= 0.6 is 0 Å². The highest BCUT2D eigenvalue weighted by molar-refractivity contribution is 6.02. The lowest BCUT2D eigenvalue weighted by atomic mass is 10.2. The molecule has 0 spiro atoms. The summed E-state index contributed by atoms with van der Waals surface area (Å²) in [6, 6.07) is 1.58. The van der Waals surface area contributed by atoms with Crippen molar-refractivity contribution < 1.29 is 22.6 Å². The second-order valence-electron chi connectivity index (χ2n) is 2.97. The molecule has 1 N–H and O–H groups in total. The third-order valence-electron chi connectivity index (χ3n) is 1.88. The normalized spacial score (nSPS) is 10.3. The molecule has 0 aliphatic rings. The van der Waals surface area contributed by atoms with Gasteiger partial charge in [-0.15, -0.1) is 0 Å². The number of anilines is 1. The Morgan fingerprint density at radius 3 is 2.65 bits per heavy atom. The molecule has 88 valence electrons. The third-order valence-corrected chi connectivity index (χ3v) is 1.88. The molecule has 0 saturated heterocycles. The molecule has 1 amide bonds. The van der Waals surface area contributed by atoms with E-state index in [4.69, 9.17) is 0 Å². The number of nitrogens with one attached hydrogen (secondary N) is 1. The van der Waals surface area contributed by atoms with Crippen LogP contribution in [0.3, 0.4) is 0 Å². The van der Waals surface area contributed by atoms with Crippen molar-refractivity contribution in [1.29, 1.82) is 0 Å². The first-order valence-corrected chi connectivity index (χ1v) is 4.32. The lowest BCUT2D eigenvalue weighted by molar-refractivity contribution is 0.101. The van der Waals surface area contributed by atoms with Gasteiger partial charge in [0, 0.05) is 0 Å². The maximum Gasteiger partial charge on any atom is 0.279 e. The fraction of sp³-hybridized carbons (Fsp3) is 0. The van der Waals surface area contributed by atoms with Crippen molar-refractivity contribution in [3.05, 3.63) is 41.5 Å². The molecule has 0 aliphatic heterocycles. The Balaban J connectivity index is 2.25. The summed E-state index contributed by atoms with van der Waals surface area (Å²) in [4.78, 5) is 11.4. The number of benzene rings is 1. The van der Waals surface area contributed by atoms with Crippen LogP contribution < -0.4 is 5.32 Å². The van der Waals surface area contributed by atoms with Gasteiger partial charge in [-0.2, -0.15) is 0 Å². The van der Waals surface area contributed by atoms with Crippen LogP contribution in [0.2, 0.25) is 0 Å². The zero-order chi connectivity index (χ0) is 12.4. The lowest BCUT2D eigenvalue weighted by Crippen LogP contribution is -2.14. The summed E-state index contributed by atoms with van der Waals surface area (Å²) in [5.74, 6) is -5.35. The summed E-state index contributed by atoms with van der Waals surface area (Å²) in [5.41, 5.74) is -0.717. The maximum atomic E-state index is 13.2. The SMILES string of the molecule is O=C(Nc1ccc(F)c(F)c1F)c1cnon1.